The van der Waals surface area contributed by atoms with Crippen molar-refractivity contribution < 1.29 is 44.1 Å². The lowest BCUT2D eigenvalue weighted by atomic mass is 10.1. The smallest absolute Gasteiger partial charge is 0.282 e. The van der Waals surface area contributed by atoms with Crippen molar-refractivity contribution in [3.8, 4) is 0 Å². The maximum Gasteiger partial charge on any atom is 0.460 e. The first-order chi connectivity index (χ1) is 7.00. The number of alkyl halides is 9. The molecule has 0 aliphatic heterocycles. The molecule has 0 saturated carbocycles. The minimum absolute atomic E-state index is 4.06. The van der Waals surface area contributed by atoms with Crippen molar-refractivity contribution >= 4 is 28.3 Å². The van der Waals surface area contributed by atoms with E-state index in [1.165, 1.54) is 0 Å². The second-order valence-corrected chi connectivity index (χ2v) is 7.51. The van der Waals surface area contributed by atoms with Crippen LogP contribution in [0.1, 0.15) is 0 Å². The molecule has 0 unspecified atom stereocenters. The maximum absolute atomic E-state index is 12.5. The van der Waals surface area contributed by atoms with Crippen molar-refractivity contribution in [2.45, 2.75) is 23.7 Å². The van der Waals surface area contributed by atoms with Crippen LogP contribution in [0.5, 0.6) is 0 Å². The van der Waals surface area contributed by atoms with Crippen LogP contribution in [-0.2, 0) is 4.57 Å². The van der Waals surface area contributed by atoms with Crippen LogP contribution < -0.4 is 0 Å². The van der Waals surface area contributed by atoms with Gasteiger partial charge < -0.3 is 0 Å². The quantitative estimate of drug-likeness (QED) is 0.518. The van der Waals surface area contributed by atoms with E-state index in [-0.39, 0.29) is 0 Å². The predicted octanol–water partition coefficient (Wildman–Crippen LogP) is 5.08. The fraction of sp³-hybridized carbons (Fsp3) is 1.00. The molecule has 0 aliphatic rings. The first kappa shape index (κ1) is 17.2. The van der Waals surface area contributed by atoms with Crippen molar-refractivity contribution in [2.24, 2.45) is 0 Å². The van der Waals surface area contributed by atoms with Gasteiger partial charge >= 0.3 is 29.5 Å². The van der Waals surface area contributed by atoms with Gasteiger partial charge in [0.15, 0.2) is 0 Å². The van der Waals surface area contributed by atoms with Gasteiger partial charge in [-0.2, -0.15) is 39.5 Å². The molecule has 17 heavy (non-hydrogen) atoms. The SMILES string of the molecule is O=P(Cl)(Cl)C(F)(F)C(F)(F)C(F)(F)C(F)(F)F. The standard InChI is InChI=1S/C4Cl2F9OP/c5-17(6,16)4(14,15)2(9,10)1(7,8)3(11,12)13. The molecule has 0 aliphatic carbocycles. The summed E-state index contributed by atoms with van der Waals surface area (Å²) in [6, 6.07) is 0. The molecule has 0 saturated heterocycles. The van der Waals surface area contributed by atoms with Crippen LogP contribution >= 0.6 is 28.3 Å². The predicted molar refractivity (Wildman–Crippen MR) is 40.2 cm³/mol. The monoisotopic (exact) mass is 336 g/mol. The van der Waals surface area contributed by atoms with E-state index in [1.54, 1.807) is 0 Å². The lowest BCUT2D eigenvalue weighted by Gasteiger charge is -2.33. The van der Waals surface area contributed by atoms with E-state index in [2.05, 4.69) is 22.5 Å². The molecule has 0 amide bonds. The summed E-state index contributed by atoms with van der Waals surface area (Å²) in [7, 11) is 0. The minimum atomic E-state index is -7.15. The first-order valence-electron chi connectivity index (χ1n) is 3.20. The van der Waals surface area contributed by atoms with Crippen LogP contribution in [-0.4, -0.2) is 23.7 Å². The molecular weight excluding hydrogens is 337 g/mol. The fourth-order valence-electron chi connectivity index (χ4n) is 0.530. The molecule has 0 N–H and O–H groups in total. The summed E-state index contributed by atoms with van der Waals surface area (Å²) >= 11 is 8.11. The molecule has 1 nitrogen and oxygen atoms in total. The van der Waals surface area contributed by atoms with E-state index < -0.39 is 29.5 Å². The van der Waals surface area contributed by atoms with E-state index >= 15 is 0 Å². The highest BCUT2D eigenvalue weighted by Crippen LogP contribution is 2.75. The molecule has 13 heteroatoms. The highest BCUT2D eigenvalue weighted by atomic mass is 35.9. The maximum atomic E-state index is 12.5. The first-order valence-corrected chi connectivity index (χ1v) is 6.71. The Morgan fingerprint density at radius 2 is 1.00 bits per heavy atom. The van der Waals surface area contributed by atoms with Gasteiger partial charge in [-0.25, -0.2) is 0 Å². The van der Waals surface area contributed by atoms with Crippen molar-refractivity contribution in [3.63, 3.8) is 0 Å². The summed E-state index contributed by atoms with van der Waals surface area (Å²) in [6.45, 7) is 0. The molecule has 0 radical (unpaired) electrons. The lowest BCUT2D eigenvalue weighted by Crippen LogP contribution is -2.59. The van der Waals surface area contributed by atoms with E-state index in [0.29, 0.717) is 0 Å². The van der Waals surface area contributed by atoms with E-state index in [0.717, 1.165) is 0 Å². The van der Waals surface area contributed by atoms with Crippen molar-refractivity contribution in [3.05, 3.63) is 0 Å². The van der Waals surface area contributed by atoms with Gasteiger partial charge in [0, 0.05) is 0 Å². The Bertz CT molecular complexity index is 343. The molecular formula is C4Cl2F9OP. The highest BCUT2D eigenvalue weighted by Gasteiger charge is 2.85. The van der Waals surface area contributed by atoms with Crippen molar-refractivity contribution in [1.29, 1.82) is 0 Å². The largest absolute Gasteiger partial charge is 0.460 e. The number of hydrogen-bond donors (Lipinski definition) is 0. The van der Waals surface area contributed by atoms with Gasteiger partial charge in [0.2, 0.25) is 0 Å². The summed E-state index contributed by atoms with van der Waals surface area (Å²) in [6.07, 6.45) is -7.00. The molecule has 0 rings (SSSR count). The van der Waals surface area contributed by atoms with Gasteiger partial charge in [-0.15, -0.1) is 0 Å². The summed E-state index contributed by atoms with van der Waals surface area (Å²) < 4.78 is 119. The van der Waals surface area contributed by atoms with E-state index in [4.69, 9.17) is 0 Å². The summed E-state index contributed by atoms with van der Waals surface area (Å²) in [5.74, 6) is -20.5. The molecule has 104 valence electrons. The Kier molecular flexibility index (Phi) is 4.14. The highest BCUT2D eigenvalue weighted by molar-refractivity contribution is 8.09. The Hall–Kier alpha value is 0.180. The Balaban J connectivity index is 5.82. The summed E-state index contributed by atoms with van der Waals surface area (Å²) in [5, 5.41) is 0. The summed E-state index contributed by atoms with van der Waals surface area (Å²) in [5.41, 5.74) is -6.44. The van der Waals surface area contributed by atoms with Gasteiger partial charge in [-0.1, -0.05) is 0 Å². The van der Waals surface area contributed by atoms with Crippen LogP contribution in [0.4, 0.5) is 39.5 Å². The average Bonchev–Trinajstić information content (AvgIpc) is 1.98. The Labute approximate surface area is 96.8 Å². The minimum Gasteiger partial charge on any atom is -0.282 e. The number of hydrogen-bond acceptors (Lipinski definition) is 1. The number of rotatable bonds is 3. The molecule has 0 aromatic heterocycles. The van der Waals surface area contributed by atoms with Crippen LogP contribution in [0.2, 0.25) is 0 Å². The van der Waals surface area contributed by atoms with Gasteiger partial charge in [-0.3, -0.25) is 4.57 Å². The van der Waals surface area contributed by atoms with Crippen LogP contribution in [0.3, 0.4) is 0 Å². The van der Waals surface area contributed by atoms with Crippen molar-refractivity contribution in [2.75, 3.05) is 0 Å². The average molecular weight is 337 g/mol. The molecule has 0 bridgehead atoms. The second-order valence-electron chi connectivity index (χ2n) is 2.65. The molecule has 0 fully saturated rings. The van der Waals surface area contributed by atoms with Gasteiger partial charge in [0.25, 0.3) is 0 Å². The number of halogens is 11. The molecule has 0 atom stereocenters. The van der Waals surface area contributed by atoms with E-state index in [1.807, 2.05) is 0 Å². The molecule has 0 aromatic rings. The zero-order valence-electron chi connectivity index (χ0n) is 7.01. The second kappa shape index (κ2) is 4.09. The van der Waals surface area contributed by atoms with Crippen LogP contribution in [0.25, 0.3) is 0 Å². The molecule has 0 aromatic carbocycles. The third-order valence-electron chi connectivity index (χ3n) is 1.46. The molecule has 0 spiro atoms. The van der Waals surface area contributed by atoms with Gasteiger partial charge in [0.1, 0.15) is 0 Å². The zero-order chi connectivity index (χ0) is 14.5. The van der Waals surface area contributed by atoms with Gasteiger partial charge in [-0.05, 0) is 22.5 Å². The fourth-order valence-corrected chi connectivity index (χ4v) is 1.63. The van der Waals surface area contributed by atoms with Gasteiger partial charge in [0.05, 0.1) is 0 Å². The normalized spacial score (nSPS) is 16.2. The van der Waals surface area contributed by atoms with Crippen molar-refractivity contribution in [1.82, 2.24) is 0 Å². The topological polar surface area (TPSA) is 17.1 Å². The van der Waals surface area contributed by atoms with Crippen LogP contribution in [0, 0.1) is 0 Å². The molecule has 0 heterocycles. The summed E-state index contributed by atoms with van der Waals surface area (Å²) in [4.78, 5) is 0. The van der Waals surface area contributed by atoms with Crippen LogP contribution in [0.15, 0.2) is 0 Å². The Morgan fingerprint density at radius 1 is 0.706 bits per heavy atom. The van der Waals surface area contributed by atoms with E-state index in [9.17, 15) is 44.1 Å². The lowest BCUT2D eigenvalue weighted by molar-refractivity contribution is -0.382. The third kappa shape index (κ3) is 2.49. The third-order valence-corrected chi connectivity index (χ3v) is 3.66. The Morgan fingerprint density at radius 3 is 1.18 bits per heavy atom. The zero-order valence-corrected chi connectivity index (χ0v) is 9.42.